The lowest BCUT2D eigenvalue weighted by atomic mass is 10.00. The Morgan fingerprint density at radius 2 is 1.13 bits per heavy atom. The lowest BCUT2D eigenvalue weighted by Gasteiger charge is -2.10. The standard InChI is InChI=1S/C23H24N2O2.C20H19BrN2O2/c1-25-13-20(16-6-7-16)18-9-14(3-8-22(18)25)10-21-19(23(26)27-2)11-17(12-24-21)15-4-5-15;1-23-11-17(21)15-7-12(3-6-19(15)23)8-18-16(20(24)25-2)9-14(10-22-18)13-4-5-13/h3,8-9,11-13,15-16H,4-7,10H2,1-2H3;3,6-7,9-11,13H,4-5,8H2,1-2H3. The lowest BCUT2D eigenvalue weighted by molar-refractivity contribution is 0.0590. The number of halogens is 1. The molecule has 3 aliphatic carbocycles. The molecule has 3 fully saturated rings. The summed E-state index contributed by atoms with van der Waals surface area (Å²) in [4.78, 5) is 33.8. The molecule has 9 heteroatoms. The Labute approximate surface area is 312 Å². The second kappa shape index (κ2) is 14.0. The summed E-state index contributed by atoms with van der Waals surface area (Å²) in [6.07, 6.45) is 16.8. The van der Waals surface area contributed by atoms with Crippen LogP contribution in [0, 0.1) is 0 Å². The predicted octanol–water partition coefficient (Wildman–Crippen LogP) is 9.30. The van der Waals surface area contributed by atoms with Gasteiger partial charge in [-0.25, -0.2) is 9.59 Å². The van der Waals surface area contributed by atoms with Gasteiger partial charge in [0, 0.05) is 78.0 Å². The van der Waals surface area contributed by atoms with Crippen LogP contribution in [-0.2, 0) is 36.4 Å². The summed E-state index contributed by atoms with van der Waals surface area (Å²) in [6, 6.07) is 16.9. The topological polar surface area (TPSA) is 88.2 Å². The number of ether oxygens (including phenoxy) is 2. The highest BCUT2D eigenvalue weighted by Crippen LogP contribution is 2.44. The zero-order valence-corrected chi connectivity index (χ0v) is 31.7. The van der Waals surface area contributed by atoms with Crippen molar-refractivity contribution in [2.24, 2.45) is 14.1 Å². The number of benzene rings is 2. The van der Waals surface area contributed by atoms with E-state index >= 15 is 0 Å². The van der Waals surface area contributed by atoms with Crippen LogP contribution in [0.25, 0.3) is 21.8 Å². The Balaban J connectivity index is 0.000000149. The molecule has 2 aromatic carbocycles. The van der Waals surface area contributed by atoms with Crippen LogP contribution in [0.15, 0.2) is 77.8 Å². The third-order valence-corrected chi connectivity index (χ3v) is 11.4. The number of nitrogens with zero attached hydrogens (tertiary/aromatic N) is 4. The summed E-state index contributed by atoms with van der Waals surface area (Å²) in [5.74, 6) is 1.23. The van der Waals surface area contributed by atoms with Crippen LogP contribution in [0.1, 0.15) is 116 Å². The number of carbonyl (C=O) groups is 2. The maximum atomic E-state index is 12.3. The zero-order valence-electron chi connectivity index (χ0n) is 30.1. The molecule has 3 aliphatic rings. The molecule has 0 spiro atoms. The van der Waals surface area contributed by atoms with Crippen molar-refractivity contribution < 1.29 is 19.1 Å². The van der Waals surface area contributed by atoms with E-state index in [9.17, 15) is 9.59 Å². The van der Waals surface area contributed by atoms with Gasteiger partial charge in [-0.1, -0.05) is 12.1 Å². The normalized spacial score (nSPS) is 15.4. The van der Waals surface area contributed by atoms with E-state index in [-0.39, 0.29) is 11.9 Å². The fourth-order valence-electron chi connectivity index (χ4n) is 7.34. The van der Waals surface area contributed by atoms with Gasteiger partial charge in [-0.15, -0.1) is 0 Å². The summed E-state index contributed by atoms with van der Waals surface area (Å²) in [6.45, 7) is 0. The first kappa shape index (κ1) is 34.3. The van der Waals surface area contributed by atoms with Crippen molar-refractivity contribution in [3.63, 3.8) is 0 Å². The Hall–Kier alpha value is -4.76. The molecule has 4 heterocycles. The number of methoxy groups -OCH3 is 2. The maximum Gasteiger partial charge on any atom is 0.339 e. The van der Waals surface area contributed by atoms with Crippen molar-refractivity contribution in [3.8, 4) is 0 Å². The molecule has 8 nitrogen and oxygen atoms in total. The molecular formula is C43H43BrN4O4. The van der Waals surface area contributed by atoms with Crippen LogP contribution in [0.3, 0.4) is 0 Å². The molecule has 0 unspecified atom stereocenters. The number of hydrogen-bond acceptors (Lipinski definition) is 6. The minimum absolute atomic E-state index is 0.292. The molecular weight excluding hydrogens is 716 g/mol. The average molecular weight is 760 g/mol. The molecule has 4 aromatic heterocycles. The Morgan fingerprint density at radius 3 is 1.62 bits per heavy atom. The molecule has 6 aromatic rings. The first-order chi connectivity index (χ1) is 25.2. The molecule has 0 radical (unpaired) electrons. The SMILES string of the molecule is COC(=O)c1cc(C2CC2)cnc1Cc1ccc2c(c1)c(Br)cn2C.COC(=O)c1cc(C2CC2)cnc1Cc1ccc2c(c1)c(C1CC1)cn2C. The zero-order chi connectivity index (χ0) is 36.1. The predicted molar refractivity (Wildman–Crippen MR) is 206 cm³/mol. The number of pyridine rings is 2. The van der Waals surface area contributed by atoms with E-state index in [0.29, 0.717) is 41.7 Å². The Morgan fingerprint density at radius 1 is 0.673 bits per heavy atom. The Kier molecular flexibility index (Phi) is 9.24. The monoisotopic (exact) mass is 758 g/mol. The van der Waals surface area contributed by atoms with Gasteiger partial charge in [-0.05, 0) is 136 Å². The van der Waals surface area contributed by atoms with Gasteiger partial charge in [0.05, 0.1) is 36.7 Å². The average Bonchev–Trinajstić information content (AvgIpc) is 4.02. The number of aryl methyl sites for hydroxylation is 2. The third kappa shape index (κ3) is 7.03. The van der Waals surface area contributed by atoms with Crippen LogP contribution in [0.2, 0.25) is 0 Å². The molecule has 0 saturated heterocycles. The van der Waals surface area contributed by atoms with Crippen LogP contribution in [0.5, 0.6) is 0 Å². The van der Waals surface area contributed by atoms with Crippen LogP contribution in [0.4, 0.5) is 0 Å². The summed E-state index contributed by atoms with van der Waals surface area (Å²) in [5.41, 5.74) is 11.3. The van der Waals surface area contributed by atoms with Crippen LogP contribution >= 0.6 is 15.9 Å². The minimum Gasteiger partial charge on any atom is -0.465 e. The van der Waals surface area contributed by atoms with E-state index in [1.807, 2.05) is 31.6 Å². The van der Waals surface area contributed by atoms with Gasteiger partial charge in [0.2, 0.25) is 0 Å². The van der Waals surface area contributed by atoms with Gasteiger partial charge in [0.1, 0.15) is 0 Å². The Bertz CT molecular complexity index is 2350. The fourth-order valence-corrected chi connectivity index (χ4v) is 7.97. The van der Waals surface area contributed by atoms with Gasteiger partial charge >= 0.3 is 11.9 Å². The van der Waals surface area contributed by atoms with Crippen LogP contribution in [-0.4, -0.2) is 45.3 Å². The molecule has 0 bridgehead atoms. The number of hydrogen-bond donors (Lipinski definition) is 0. The van der Waals surface area contributed by atoms with E-state index in [2.05, 4.69) is 90.9 Å². The summed E-state index contributed by atoms with van der Waals surface area (Å²) in [7, 11) is 7.00. The molecule has 9 rings (SSSR count). The first-order valence-electron chi connectivity index (χ1n) is 18.2. The molecule has 0 aliphatic heterocycles. The van der Waals surface area contributed by atoms with E-state index in [4.69, 9.17) is 9.47 Å². The summed E-state index contributed by atoms with van der Waals surface area (Å²) < 4.78 is 15.4. The second-order valence-corrected chi connectivity index (χ2v) is 15.5. The van der Waals surface area contributed by atoms with Gasteiger partial charge in [-0.2, -0.15) is 0 Å². The largest absolute Gasteiger partial charge is 0.465 e. The molecule has 3 saturated carbocycles. The van der Waals surface area contributed by atoms with E-state index in [1.54, 1.807) is 0 Å². The van der Waals surface area contributed by atoms with Crippen molar-refractivity contribution in [1.82, 2.24) is 19.1 Å². The first-order valence-corrected chi connectivity index (χ1v) is 19.0. The number of aromatic nitrogens is 4. The van der Waals surface area contributed by atoms with Gasteiger partial charge in [0.25, 0.3) is 0 Å². The van der Waals surface area contributed by atoms with Crippen LogP contribution < -0.4 is 0 Å². The number of esters is 2. The minimum atomic E-state index is -0.313. The fraction of sp³-hybridized carbons (Fsp3) is 0.349. The summed E-state index contributed by atoms with van der Waals surface area (Å²) in [5, 5.41) is 2.50. The number of carbonyl (C=O) groups excluding carboxylic acids is 2. The molecule has 0 atom stereocenters. The number of fused-ring (bicyclic) bond motifs is 2. The smallest absolute Gasteiger partial charge is 0.339 e. The van der Waals surface area contributed by atoms with Crippen molar-refractivity contribution in [1.29, 1.82) is 0 Å². The molecule has 266 valence electrons. The highest BCUT2D eigenvalue weighted by molar-refractivity contribution is 9.10. The van der Waals surface area contributed by atoms with Crippen molar-refractivity contribution in [2.45, 2.75) is 69.1 Å². The molecule has 52 heavy (non-hydrogen) atoms. The molecule has 0 amide bonds. The van der Waals surface area contributed by atoms with Crippen molar-refractivity contribution in [2.75, 3.05) is 14.2 Å². The van der Waals surface area contributed by atoms with Gasteiger partial charge in [-0.3, -0.25) is 9.97 Å². The van der Waals surface area contributed by atoms with E-state index < -0.39 is 0 Å². The quantitative estimate of drug-likeness (QED) is 0.137. The van der Waals surface area contributed by atoms with Crippen molar-refractivity contribution in [3.05, 3.63) is 128 Å². The van der Waals surface area contributed by atoms with Gasteiger partial charge < -0.3 is 18.6 Å². The van der Waals surface area contributed by atoms with E-state index in [0.717, 1.165) is 37.9 Å². The second-order valence-electron chi connectivity index (χ2n) is 14.7. The van der Waals surface area contributed by atoms with E-state index in [1.165, 1.54) is 80.3 Å². The highest BCUT2D eigenvalue weighted by atomic mass is 79.9. The molecule has 0 N–H and O–H groups in total. The lowest BCUT2D eigenvalue weighted by Crippen LogP contribution is -2.09. The third-order valence-electron chi connectivity index (χ3n) is 10.7. The van der Waals surface area contributed by atoms with Crippen molar-refractivity contribution >= 4 is 49.7 Å². The number of rotatable bonds is 9. The maximum absolute atomic E-state index is 12.3. The highest BCUT2D eigenvalue weighted by Gasteiger charge is 2.29. The summed E-state index contributed by atoms with van der Waals surface area (Å²) >= 11 is 3.61. The van der Waals surface area contributed by atoms with Gasteiger partial charge in [0.15, 0.2) is 0 Å².